The lowest BCUT2D eigenvalue weighted by Crippen LogP contribution is -2.10. The summed E-state index contributed by atoms with van der Waals surface area (Å²) in [5.41, 5.74) is 1.28. The van der Waals surface area contributed by atoms with Gasteiger partial charge in [0.05, 0.1) is 17.6 Å². The summed E-state index contributed by atoms with van der Waals surface area (Å²) in [6.45, 7) is 5.01. The first kappa shape index (κ1) is 13.2. The molecule has 1 N–H and O–H groups in total. The molecule has 2 rings (SSSR count). The highest BCUT2D eigenvalue weighted by molar-refractivity contribution is 5.94. The summed E-state index contributed by atoms with van der Waals surface area (Å²) in [6, 6.07) is 0. The Morgan fingerprint density at radius 3 is 2.95 bits per heavy atom. The van der Waals surface area contributed by atoms with Gasteiger partial charge in [-0.3, -0.25) is 4.79 Å². The number of nitrogens with zero attached hydrogens (tertiary/aromatic N) is 4. The Morgan fingerprint density at radius 1 is 1.47 bits per heavy atom. The topological polar surface area (TPSA) is 72.7 Å². The highest BCUT2D eigenvalue weighted by Crippen LogP contribution is 2.07. The van der Waals surface area contributed by atoms with Crippen LogP contribution in [-0.2, 0) is 6.54 Å². The van der Waals surface area contributed by atoms with Gasteiger partial charge in [-0.2, -0.15) is 0 Å². The van der Waals surface area contributed by atoms with Crippen LogP contribution in [0.4, 0.5) is 5.95 Å². The minimum absolute atomic E-state index is 0.0100. The highest BCUT2D eigenvalue weighted by Gasteiger charge is 2.06. The van der Waals surface area contributed by atoms with Crippen molar-refractivity contribution in [2.24, 2.45) is 0 Å². The van der Waals surface area contributed by atoms with Crippen LogP contribution in [0.1, 0.15) is 29.4 Å². The first-order valence-corrected chi connectivity index (χ1v) is 6.21. The second kappa shape index (κ2) is 6.08. The molecule has 2 aromatic heterocycles. The van der Waals surface area contributed by atoms with Crippen LogP contribution in [0.25, 0.3) is 0 Å². The molecule has 0 amide bonds. The van der Waals surface area contributed by atoms with Crippen molar-refractivity contribution in [3.05, 3.63) is 36.2 Å². The standard InChI is InChI=1S/C13H17N5O/c1-10-12(11(2)19)8-16-13(17-10)15-4-3-6-18-7-5-14-9-18/h5,7-9H,3-4,6H2,1-2H3,(H,15,16,17). The van der Waals surface area contributed by atoms with Gasteiger partial charge in [0, 0.05) is 31.7 Å². The van der Waals surface area contributed by atoms with Gasteiger partial charge < -0.3 is 9.88 Å². The van der Waals surface area contributed by atoms with Gasteiger partial charge >= 0.3 is 0 Å². The van der Waals surface area contributed by atoms with Gasteiger partial charge in [-0.15, -0.1) is 0 Å². The van der Waals surface area contributed by atoms with E-state index in [4.69, 9.17) is 0 Å². The van der Waals surface area contributed by atoms with E-state index in [9.17, 15) is 4.79 Å². The number of hydrogen-bond acceptors (Lipinski definition) is 5. The summed E-state index contributed by atoms with van der Waals surface area (Å²) in [5.74, 6) is 0.553. The predicted octanol–water partition coefficient (Wildman–Crippen LogP) is 1.69. The number of carbonyl (C=O) groups is 1. The van der Waals surface area contributed by atoms with Crippen LogP contribution in [0.3, 0.4) is 0 Å². The van der Waals surface area contributed by atoms with Crippen LogP contribution in [0, 0.1) is 6.92 Å². The summed E-state index contributed by atoms with van der Waals surface area (Å²) in [7, 11) is 0. The third-order valence-electron chi connectivity index (χ3n) is 2.79. The molecule has 100 valence electrons. The Morgan fingerprint density at radius 2 is 2.32 bits per heavy atom. The summed E-state index contributed by atoms with van der Waals surface area (Å²) >= 11 is 0. The molecule has 0 spiro atoms. The number of carbonyl (C=O) groups excluding carboxylic acids is 1. The molecule has 0 aliphatic heterocycles. The number of nitrogens with one attached hydrogen (secondary N) is 1. The Balaban J connectivity index is 1.83. The predicted molar refractivity (Wildman–Crippen MR) is 72.1 cm³/mol. The average Bonchev–Trinajstić information content (AvgIpc) is 2.87. The summed E-state index contributed by atoms with van der Waals surface area (Å²) < 4.78 is 2.02. The number of imidazole rings is 1. The Bertz CT molecular complexity index is 550. The molecule has 2 aromatic rings. The summed E-state index contributed by atoms with van der Waals surface area (Å²) in [6.07, 6.45) is 8.01. The maximum absolute atomic E-state index is 11.3. The molecular weight excluding hydrogens is 242 g/mol. The van der Waals surface area contributed by atoms with Crippen molar-refractivity contribution in [1.29, 1.82) is 0 Å². The molecule has 0 saturated carbocycles. The van der Waals surface area contributed by atoms with Gasteiger partial charge in [0.1, 0.15) is 0 Å². The monoisotopic (exact) mass is 259 g/mol. The van der Waals surface area contributed by atoms with E-state index in [-0.39, 0.29) is 5.78 Å². The van der Waals surface area contributed by atoms with Gasteiger partial charge in [0.15, 0.2) is 5.78 Å². The van der Waals surface area contributed by atoms with E-state index >= 15 is 0 Å². The fourth-order valence-electron chi connectivity index (χ4n) is 1.78. The molecule has 0 saturated heterocycles. The lowest BCUT2D eigenvalue weighted by molar-refractivity contribution is 0.101. The summed E-state index contributed by atoms with van der Waals surface area (Å²) in [5, 5.41) is 3.15. The van der Waals surface area contributed by atoms with E-state index in [2.05, 4.69) is 20.3 Å². The SMILES string of the molecule is CC(=O)c1cnc(NCCCn2ccnc2)nc1C. The number of rotatable bonds is 6. The zero-order valence-electron chi connectivity index (χ0n) is 11.1. The largest absolute Gasteiger partial charge is 0.354 e. The molecule has 0 unspecified atom stereocenters. The van der Waals surface area contributed by atoms with Crippen LogP contribution in [-0.4, -0.2) is 31.8 Å². The first-order valence-electron chi connectivity index (χ1n) is 6.21. The molecule has 0 bridgehead atoms. The van der Waals surface area contributed by atoms with Crippen molar-refractivity contribution in [3.8, 4) is 0 Å². The first-order chi connectivity index (χ1) is 9.16. The zero-order valence-corrected chi connectivity index (χ0v) is 11.1. The lowest BCUT2D eigenvalue weighted by atomic mass is 10.2. The molecule has 0 radical (unpaired) electrons. The van der Waals surface area contributed by atoms with E-state index in [1.807, 2.05) is 17.7 Å². The third-order valence-corrected chi connectivity index (χ3v) is 2.79. The lowest BCUT2D eigenvalue weighted by Gasteiger charge is -2.07. The van der Waals surface area contributed by atoms with Crippen molar-refractivity contribution in [3.63, 3.8) is 0 Å². The van der Waals surface area contributed by atoms with Crippen LogP contribution >= 0.6 is 0 Å². The molecule has 0 aliphatic rings. The van der Waals surface area contributed by atoms with Gasteiger partial charge in [0.25, 0.3) is 0 Å². The van der Waals surface area contributed by atoms with Crippen LogP contribution < -0.4 is 5.32 Å². The fourth-order valence-corrected chi connectivity index (χ4v) is 1.78. The molecule has 6 heteroatoms. The quantitative estimate of drug-likeness (QED) is 0.631. The Kier molecular flexibility index (Phi) is 4.22. The minimum Gasteiger partial charge on any atom is -0.354 e. The van der Waals surface area contributed by atoms with Gasteiger partial charge in [-0.1, -0.05) is 0 Å². The number of aryl methyl sites for hydroxylation is 2. The van der Waals surface area contributed by atoms with E-state index in [1.54, 1.807) is 18.7 Å². The molecule has 2 heterocycles. The molecular formula is C13H17N5O. The van der Waals surface area contributed by atoms with E-state index in [1.165, 1.54) is 6.92 Å². The number of Topliss-reactive ketones (excluding diaryl/α,β-unsaturated/α-hetero) is 1. The van der Waals surface area contributed by atoms with Crippen LogP contribution in [0.5, 0.6) is 0 Å². The average molecular weight is 259 g/mol. The maximum atomic E-state index is 11.3. The van der Waals surface area contributed by atoms with Crippen molar-refractivity contribution >= 4 is 11.7 Å². The van der Waals surface area contributed by atoms with Gasteiger partial charge in [-0.05, 0) is 20.3 Å². The Labute approximate surface area is 111 Å². The van der Waals surface area contributed by atoms with E-state index in [0.29, 0.717) is 17.2 Å². The molecule has 19 heavy (non-hydrogen) atoms. The normalized spacial score (nSPS) is 10.4. The smallest absolute Gasteiger partial charge is 0.222 e. The second-order valence-electron chi connectivity index (χ2n) is 4.33. The maximum Gasteiger partial charge on any atom is 0.222 e. The highest BCUT2D eigenvalue weighted by atomic mass is 16.1. The van der Waals surface area contributed by atoms with Crippen molar-refractivity contribution in [2.75, 3.05) is 11.9 Å². The summed E-state index contributed by atoms with van der Waals surface area (Å²) in [4.78, 5) is 23.6. The number of ketones is 1. The molecule has 0 atom stereocenters. The molecule has 0 aliphatic carbocycles. The van der Waals surface area contributed by atoms with E-state index in [0.717, 1.165) is 19.5 Å². The van der Waals surface area contributed by atoms with Crippen LogP contribution in [0.2, 0.25) is 0 Å². The number of hydrogen-bond donors (Lipinski definition) is 1. The second-order valence-corrected chi connectivity index (χ2v) is 4.33. The molecule has 0 aromatic carbocycles. The van der Waals surface area contributed by atoms with Gasteiger partial charge in [0.2, 0.25) is 5.95 Å². The minimum atomic E-state index is -0.0100. The Hall–Kier alpha value is -2.24. The number of anilines is 1. The third kappa shape index (κ3) is 3.61. The van der Waals surface area contributed by atoms with E-state index < -0.39 is 0 Å². The van der Waals surface area contributed by atoms with Crippen molar-refractivity contribution < 1.29 is 4.79 Å². The molecule has 0 fully saturated rings. The van der Waals surface area contributed by atoms with Crippen LogP contribution in [0.15, 0.2) is 24.9 Å². The van der Waals surface area contributed by atoms with Gasteiger partial charge in [-0.25, -0.2) is 15.0 Å². The number of aromatic nitrogens is 4. The molecule has 6 nitrogen and oxygen atoms in total. The van der Waals surface area contributed by atoms with Crippen molar-refractivity contribution in [2.45, 2.75) is 26.8 Å². The van der Waals surface area contributed by atoms with Crippen molar-refractivity contribution in [1.82, 2.24) is 19.5 Å². The zero-order chi connectivity index (χ0) is 13.7. The fraction of sp³-hybridized carbons (Fsp3) is 0.385.